The molecule has 0 bridgehead atoms. The number of hydrogen-bond donors (Lipinski definition) is 3. The summed E-state index contributed by atoms with van der Waals surface area (Å²) in [5, 5.41) is 3.52. The highest BCUT2D eigenvalue weighted by atomic mass is 32.2. The lowest BCUT2D eigenvalue weighted by Gasteiger charge is -2.06. The van der Waals surface area contributed by atoms with E-state index >= 15 is 0 Å². The van der Waals surface area contributed by atoms with Gasteiger partial charge >= 0.3 is 0 Å². The molecule has 132 valence electrons. The van der Waals surface area contributed by atoms with Crippen molar-refractivity contribution in [2.24, 2.45) is 0 Å². The van der Waals surface area contributed by atoms with Gasteiger partial charge in [-0.05, 0) is 30.3 Å². The summed E-state index contributed by atoms with van der Waals surface area (Å²) in [6.45, 7) is -0.0400. The molecule has 1 unspecified atom stereocenters. The van der Waals surface area contributed by atoms with E-state index in [1.54, 1.807) is 0 Å². The summed E-state index contributed by atoms with van der Waals surface area (Å²) < 4.78 is 38.6. The van der Waals surface area contributed by atoms with Crippen LogP contribution in [0.2, 0.25) is 0 Å². The van der Waals surface area contributed by atoms with Gasteiger partial charge in [0.25, 0.3) is 11.5 Å². The summed E-state index contributed by atoms with van der Waals surface area (Å²) in [5.74, 6) is -1.33. The number of H-pyrrole nitrogens is 1. The molecule has 0 aliphatic carbocycles. The van der Waals surface area contributed by atoms with Crippen molar-refractivity contribution in [1.29, 1.82) is 4.78 Å². The zero-order chi connectivity index (χ0) is 18.4. The van der Waals surface area contributed by atoms with Gasteiger partial charge in [0.1, 0.15) is 5.56 Å². The Kier molecular flexibility index (Phi) is 5.71. The van der Waals surface area contributed by atoms with Crippen LogP contribution in [0.15, 0.2) is 57.7 Å². The summed E-state index contributed by atoms with van der Waals surface area (Å²) in [7, 11) is -2.07. The van der Waals surface area contributed by atoms with Crippen LogP contribution in [0.1, 0.15) is 10.4 Å². The quantitative estimate of drug-likeness (QED) is 0.725. The van der Waals surface area contributed by atoms with Crippen LogP contribution in [0.3, 0.4) is 0 Å². The van der Waals surface area contributed by atoms with Crippen LogP contribution >= 0.6 is 0 Å². The minimum Gasteiger partial charge on any atom is -0.494 e. The third kappa shape index (κ3) is 4.54. The molecule has 1 aromatic carbocycles. The number of aromatic amines is 1. The predicted molar refractivity (Wildman–Crippen MR) is 90.6 cm³/mol. The minimum absolute atomic E-state index is 0.0109. The van der Waals surface area contributed by atoms with Crippen molar-refractivity contribution in [1.82, 2.24) is 10.3 Å². The summed E-state index contributed by atoms with van der Waals surface area (Å²) in [5.41, 5.74) is -0.582. The van der Waals surface area contributed by atoms with Gasteiger partial charge in [0.2, 0.25) is 0 Å². The summed E-state index contributed by atoms with van der Waals surface area (Å²) >= 11 is 0. The Labute approximate surface area is 143 Å². The van der Waals surface area contributed by atoms with Crippen LogP contribution in [0, 0.1) is 10.6 Å². The van der Waals surface area contributed by atoms with Crippen LogP contribution in [0.4, 0.5) is 4.39 Å². The second-order valence-corrected chi connectivity index (χ2v) is 6.84. The molecule has 0 spiro atoms. The smallest absolute Gasteiger partial charge is 0.260 e. The van der Waals surface area contributed by atoms with Crippen molar-refractivity contribution in [3.8, 4) is 5.75 Å². The Morgan fingerprint density at radius 3 is 2.84 bits per heavy atom. The first kappa shape index (κ1) is 18.4. The van der Waals surface area contributed by atoms with E-state index in [2.05, 4.69) is 10.3 Å². The molecule has 1 amide bonds. The molecular weight excluding hydrogens is 349 g/mol. The average molecular weight is 365 g/mol. The van der Waals surface area contributed by atoms with E-state index in [0.717, 1.165) is 11.5 Å². The fraction of sp³-hybridized carbons (Fsp3) is 0.125. The van der Waals surface area contributed by atoms with Crippen LogP contribution in [-0.2, 0) is 9.73 Å². The predicted octanol–water partition coefficient (Wildman–Crippen LogP) is 1.87. The number of benzene rings is 1. The molecule has 1 aromatic heterocycles. The van der Waals surface area contributed by atoms with Gasteiger partial charge in [-0.3, -0.25) is 9.59 Å². The second-order valence-electron chi connectivity index (χ2n) is 4.89. The number of nitrogens with one attached hydrogen (secondary N) is 3. The van der Waals surface area contributed by atoms with Crippen molar-refractivity contribution in [3.63, 3.8) is 0 Å². The fourth-order valence-electron chi connectivity index (χ4n) is 1.95. The number of amides is 1. The van der Waals surface area contributed by atoms with Gasteiger partial charge in [-0.2, -0.15) is 0 Å². The lowest BCUT2D eigenvalue weighted by atomic mass is 10.2. The zero-order valence-electron chi connectivity index (χ0n) is 13.2. The number of hydrogen-bond acceptors (Lipinski definition) is 5. The number of carbonyl (C=O) groups is 1. The SMILES string of the molecule is COc1ccc(S(=N)(=O)/C=C/CNC(=O)c2ccc[nH]c2=O)cc1F. The first-order valence-electron chi connectivity index (χ1n) is 7.10. The van der Waals surface area contributed by atoms with E-state index in [9.17, 15) is 18.2 Å². The molecule has 2 rings (SSSR count). The number of rotatable bonds is 6. The van der Waals surface area contributed by atoms with Crippen molar-refractivity contribution in [3.05, 3.63) is 69.7 Å². The summed E-state index contributed by atoms with van der Waals surface area (Å²) in [6, 6.07) is 6.48. The van der Waals surface area contributed by atoms with E-state index in [1.165, 1.54) is 43.6 Å². The van der Waals surface area contributed by atoms with Gasteiger partial charge in [-0.15, -0.1) is 0 Å². The van der Waals surface area contributed by atoms with Crippen LogP contribution in [0.5, 0.6) is 5.75 Å². The number of pyridine rings is 1. The molecule has 0 radical (unpaired) electrons. The molecule has 3 N–H and O–H groups in total. The maximum Gasteiger partial charge on any atom is 0.260 e. The molecule has 0 aliphatic rings. The number of methoxy groups -OCH3 is 1. The third-order valence-electron chi connectivity index (χ3n) is 3.20. The van der Waals surface area contributed by atoms with Crippen LogP contribution in [0.25, 0.3) is 0 Å². The Balaban J connectivity index is 2.03. The lowest BCUT2D eigenvalue weighted by molar-refractivity contribution is 0.0956. The Morgan fingerprint density at radius 1 is 1.44 bits per heavy atom. The molecule has 0 saturated heterocycles. The monoisotopic (exact) mass is 365 g/mol. The van der Waals surface area contributed by atoms with Crippen LogP contribution in [-0.4, -0.2) is 28.8 Å². The largest absolute Gasteiger partial charge is 0.494 e. The fourth-order valence-corrected chi connectivity index (χ4v) is 3.02. The number of halogens is 1. The maximum atomic E-state index is 13.7. The standard InChI is InChI=1S/C16H16FN3O4S/c1-24-14-6-5-11(10-13(14)17)25(18,23)9-3-8-20-16(22)12-4-2-7-19-15(12)21/h2-7,9-10,18H,8H2,1H3,(H,19,21)(H,20,22)/b9-3+. The Hall–Kier alpha value is -2.94. The van der Waals surface area contributed by atoms with Gasteiger partial charge in [0.15, 0.2) is 11.6 Å². The first-order chi connectivity index (χ1) is 11.8. The molecule has 0 saturated carbocycles. The normalized spacial score (nSPS) is 13.4. The second kappa shape index (κ2) is 7.75. The Bertz CT molecular complexity index is 967. The molecule has 7 nitrogen and oxygen atoms in total. The van der Waals surface area contributed by atoms with Gasteiger partial charge in [0, 0.05) is 18.1 Å². The van der Waals surface area contributed by atoms with E-state index in [4.69, 9.17) is 9.52 Å². The van der Waals surface area contributed by atoms with Crippen molar-refractivity contribution in [2.75, 3.05) is 13.7 Å². The van der Waals surface area contributed by atoms with E-state index in [0.29, 0.717) is 0 Å². The maximum absolute atomic E-state index is 13.7. The zero-order valence-corrected chi connectivity index (χ0v) is 14.1. The molecule has 2 aromatic rings. The first-order valence-corrected chi connectivity index (χ1v) is 8.72. The van der Waals surface area contributed by atoms with E-state index in [1.807, 2.05) is 0 Å². The molecule has 0 fully saturated rings. The van der Waals surface area contributed by atoms with Gasteiger partial charge in [-0.25, -0.2) is 13.4 Å². The van der Waals surface area contributed by atoms with Gasteiger partial charge < -0.3 is 15.0 Å². The topological polar surface area (TPSA) is 112 Å². The molecule has 1 atom stereocenters. The van der Waals surface area contributed by atoms with E-state index in [-0.39, 0.29) is 22.8 Å². The van der Waals surface area contributed by atoms with Gasteiger partial charge in [0.05, 0.1) is 21.7 Å². The summed E-state index contributed by atoms with van der Waals surface area (Å²) in [6.07, 6.45) is 2.72. The molecular formula is C16H16FN3O4S. The van der Waals surface area contributed by atoms with Crippen molar-refractivity contribution < 1.29 is 18.1 Å². The molecule has 0 aliphatic heterocycles. The number of ether oxygens (including phenoxy) is 1. The summed E-state index contributed by atoms with van der Waals surface area (Å²) in [4.78, 5) is 25.6. The lowest BCUT2D eigenvalue weighted by Crippen LogP contribution is -2.29. The van der Waals surface area contributed by atoms with E-state index < -0.39 is 27.0 Å². The molecule has 1 heterocycles. The highest BCUT2D eigenvalue weighted by molar-refractivity contribution is 7.95. The minimum atomic E-state index is -3.37. The third-order valence-corrected chi connectivity index (χ3v) is 4.73. The van der Waals surface area contributed by atoms with Crippen LogP contribution < -0.4 is 15.6 Å². The van der Waals surface area contributed by atoms with Crippen molar-refractivity contribution >= 4 is 15.6 Å². The number of aromatic nitrogens is 1. The van der Waals surface area contributed by atoms with Crippen molar-refractivity contribution in [2.45, 2.75) is 4.90 Å². The average Bonchev–Trinajstić information content (AvgIpc) is 2.59. The highest BCUT2D eigenvalue weighted by Crippen LogP contribution is 2.22. The van der Waals surface area contributed by atoms with Gasteiger partial charge in [-0.1, -0.05) is 6.08 Å². The number of carbonyl (C=O) groups excluding carboxylic acids is 1. The molecule has 25 heavy (non-hydrogen) atoms. The highest BCUT2D eigenvalue weighted by Gasteiger charge is 2.11. The molecule has 9 heteroatoms. The Morgan fingerprint density at radius 2 is 2.20 bits per heavy atom.